The van der Waals surface area contributed by atoms with Crippen LogP contribution in [0.25, 0.3) is 0 Å². The van der Waals surface area contributed by atoms with Crippen molar-refractivity contribution in [2.75, 3.05) is 13.2 Å². The Morgan fingerprint density at radius 2 is 2.18 bits per heavy atom. The molecule has 0 aromatic heterocycles. The molecule has 0 radical (unpaired) electrons. The lowest BCUT2D eigenvalue weighted by atomic mass is 10.6. The molecule has 0 rings (SSSR count). The molecule has 0 amide bonds. The summed E-state index contributed by atoms with van der Waals surface area (Å²) in [5.74, 6) is -1.18. The second-order valence-electron chi connectivity index (χ2n) is 1.98. The molecule has 0 bridgehead atoms. The van der Waals surface area contributed by atoms with E-state index >= 15 is 0 Å². The summed E-state index contributed by atoms with van der Waals surface area (Å²) in [6.45, 7) is 3.03. The van der Waals surface area contributed by atoms with Crippen molar-refractivity contribution in [3.8, 4) is 0 Å². The normalized spacial score (nSPS) is 14.5. The number of rotatable bonds is 5. The van der Waals surface area contributed by atoms with Gasteiger partial charge in [0.2, 0.25) is 0 Å². The molecule has 0 aliphatic heterocycles. The lowest BCUT2D eigenvalue weighted by Gasteiger charge is -2.15. The molecule has 66 valence electrons. The maximum absolute atomic E-state index is 10.5. The van der Waals surface area contributed by atoms with Gasteiger partial charge in [0.05, 0.1) is 6.61 Å². The first-order valence-electron chi connectivity index (χ1n) is 3.02. The Hall–Kier alpha value is -0.190. The van der Waals surface area contributed by atoms with Gasteiger partial charge < -0.3 is 14.9 Å². The molecule has 5 nitrogen and oxygen atoms in total. The molecule has 0 aromatic rings. The smallest absolute Gasteiger partial charge is 0.344 e. The van der Waals surface area contributed by atoms with Crippen LogP contribution in [0.3, 0.4) is 0 Å². The third-order valence-corrected chi connectivity index (χ3v) is 2.23. The van der Waals surface area contributed by atoms with Crippen molar-refractivity contribution in [3.63, 3.8) is 0 Å². The molecular weight excluding hydrogens is 169 g/mol. The lowest BCUT2D eigenvalue weighted by molar-refractivity contribution is 0.251. The zero-order valence-electron chi connectivity index (χ0n) is 5.97. The van der Waals surface area contributed by atoms with Crippen LogP contribution < -0.4 is 5.32 Å². The van der Waals surface area contributed by atoms with Crippen LogP contribution in [-0.2, 0) is 4.57 Å². The minimum absolute atomic E-state index is 0.260. The summed E-state index contributed by atoms with van der Waals surface area (Å²) in [5, 5.41) is 10.9. The molecule has 0 saturated heterocycles. The van der Waals surface area contributed by atoms with E-state index in [0.29, 0.717) is 0 Å². The van der Waals surface area contributed by atoms with E-state index in [9.17, 15) is 4.57 Å². The van der Waals surface area contributed by atoms with E-state index in [0.717, 1.165) is 0 Å². The maximum atomic E-state index is 10.5. The molecule has 11 heavy (non-hydrogen) atoms. The van der Waals surface area contributed by atoms with E-state index in [-0.39, 0.29) is 6.54 Å². The summed E-state index contributed by atoms with van der Waals surface area (Å²) < 4.78 is 10.5. The van der Waals surface area contributed by atoms with Crippen LogP contribution in [0.4, 0.5) is 0 Å². The number of aliphatic hydroxyl groups is 1. The first kappa shape index (κ1) is 10.8. The largest absolute Gasteiger partial charge is 0.394 e. The van der Waals surface area contributed by atoms with Gasteiger partial charge in [-0.3, -0.25) is 9.88 Å². The molecular formula is C5H12NO4P. The van der Waals surface area contributed by atoms with E-state index in [1.807, 2.05) is 0 Å². The van der Waals surface area contributed by atoms with Crippen LogP contribution in [0.1, 0.15) is 0 Å². The van der Waals surface area contributed by atoms with Gasteiger partial charge in [-0.15, -0.1) is 6.58 Å². The monoisotopic (exact) mass is 181 g/mol. The predicted molar refractivity (Wildman–Crippen MR) is 41.1 cm³/mol. The van der Waals surface area contributed by atoms with Crippen molar-refractivity contribution in [1.29, 1.82) is 0 Å². The Bertz CT molecular complexity index is 166. The molecule has 0 heterocycles. The van der Waals surface area contributed by atoms with E-state index in [4.69, 9.17) is 14.9 Å². The molecule has 1 unspecified atom stereocenters. The number of nitrogens with one attached hydrogen (secondary N) is 1. The van der Waals surface area contributed by atoms with Crippen LogP contribution in [0.15, 0.2) is 12.7 Å². The van der Waals surface area contributed by atoms with Gasteiger partial charge in [-0.25, -0.2) is 0 Å². The third-order valence-electron chi connectivity index (χ3n) is 1.08. The maximum Gasteiger partial charge on any atom is 0.344 e. The average molecular weight is 181 g/mol. The van der Waals surface area contributed by atoms with Crippen LogP contribution in [0.5, 0.6) is 0 Å². The Balaban J connectivity index is 3.96. The highest BCUT2D eigenvalue weighted by Gasteiger charge is 2.26. The standard InChI is InChI=1S/C5H12NO4P/c1-2-3-6-5(4-7)11(8,9)10/h2,5-7H,1,3-4H2,(H2,8,9,10). The summed E-state index contributed by atoms with van der Waals surface area (Å²) in [6, 6.07) is 0. The molecule has 1 atom stereocenters. The molecule has 0 spiro atoms. The highest BCUT2D eigenvalue weighted by Crippen LogP contribution is 2.38. The quantitative estimate of drug-likeness (QED) is 0.331. The van der Waals surface area contributed by atoms with Gasteiger partial charge in [0, 0.05) is 6.54 Å². The third kappa shape index (κ3) is 4.29. The van der Waals surface area contributed by atoms with Crippen LogP contribution >= 0.6 is 7.60 Å². The Morgan fingerprint density at radius 3 is 2.45 bits per heavy atom. The van der Waals surface area contributed by atoms with E-state index in [2.05, 4.69) is 11.9 Å². The van der Waals surface area contributed by atoms with E-state index in [1.165, 1.54) is 6.08 Å². The fourth-order valence-corrected chi connectivity index (χ4v) is 1.07. The van der Waals surface area contributed by atoms with Crippen molar-refractivity contribution in [3.05, 3.63) is 12.7 Å². The van der Waals surface area contributed by atoms with Crippen LogP contribution in [-0.4, -0.2) is 33.8 Å². The summed E-state index contributed by atoms with van der Waals surface area (Å²) in [5.41, 5.74) is 0. The highest BCUT2D eigenvalue weighted by molar-refractivity contribution is 7.52. The van der Waals surface area contributed by atoms with E-state index in [1.54, 1.807) is 0 Å². The topological polar surface area (TPSA) is 89.8 Å². The van der Waals surface area contributed by atoms with Gasteiger partial charge >= 0.3 is 7.60 Å². The first-order valence-corrected chi connectivity index (χ1v) is 4.71. The van der Waals surface area contributed by atoms with Gasteiger partial charge in [0.1, 0.15) is 5.78 Å². The fourth-order valence-electron chi connectivity index (χ4n) is 0.509. The SMILES string of the molecule is C=CCNC(CO)P(=O)(O)O. The van der Waals surface area contributed by atoms with Crippen molar-refractivity contribution in [2.24, 2.45) is 0 Å². The Kier molecular flexibility index (Phi) is 4.56. The van der Waals surface area contributed by atoms with Gasteiger partial charge in [-0.2, -0.15) is 0 Å². The molecule has 6 heteroatoms. The fraction of sp³-hybridized carbons (Fsp3) is 0.600. The first-order chi connectivity index (χ1) is 5.02. The van der Waals surface area contributed by atoms with Gasteiger partial charge in [0.15, 0.2) is 0 Å². The second-order valence-corrected chi connectivity index (χ2v) is 3.79. The van der Waals surface area contributed by atoms with Crippen molar-refractivity contribution < 1.29 is 19.5 Å². The minimum atomic E-state index is -4.21. The predicted octanol–water partition coefficient (Wildman–Crippen LogP) is -0.742. The second kappa shape index (κ2) is 4.64. The zero-order chi connectivity index (χ0) is 8.91. The van der Waals surface area contributed by atoms with Gasteiger partial charge in [-0.05, 0) is 0 Å². The molecule has 4 N–H and O–H groups in total. The lowest BCUT2D eigenvalue weighted by Crippen LogP contribution is -2.32. The van der Waals surface area contributed by atoms with Crippen molar-refractivity contribution >= 4 is 7.60 Å². The summed E-state index contributed by atoms with van der Waals surface area (Å²) in [7, 11) is -4.21. The summed E-state index contributed by atoms with van der Waals surface area (Å²) in [4.78, 5) is 17.1. The molecule has 0 saturated carbocycles. The highest BCUT2D eigenvalue weighted by atomic mass is 31.2. The Morgan fingerprint density at radius 1 is 1.64 bits per heavy atom. The van der Waals surface area contributed by atoms with Gasteiger partial charge in [0.25, 0.3) is 0 Å². The van der Waals surface area contributed by atoms with Crippen molar-refractivity contribution in [2.45, 2.75) is 5.78 Å². The van der Waals surface area contributed by atoms with Crippen LogP contribution in [0.2, 0.25) is 0 Å². The average Bonchev–Trinajstić information content (AvgIpc) is 1.87. The summed E-state index contributed by atoms with van der Waals surface area (Å²) in [6.07, 6.45) is 1.46. The number of aliphatic hydroxyl groups excluding tert-OH is 1. The number of hydrogen-bond donors (Lipinski definition) is 4. The van der Waals surface area contributed by atoms with Gasteiger partial charge in [-0.1, -0.05) is 6.08 Å². The molecule has 0 fully saturated rings. The zero-order valence-corrected chi connectivity index (χ0v) is 6.87. The molecule has 0 aliphatic carbocycles. The molecule has 0 aliphatic rings. The Labute approximate surface area is 64.9 Å². The van der Waals surface area contributed by atoms with Crippen LogP contribution in [0, 0.1) is 0 Å². The van der Waals surface area contributed by atoms with E-state index < -0.39 is 20.0 Å². The molecule has 0 aromatic carbocycles. The van der Waals surface area contributed by atoms with Crippen molar-refractivity contribution in [1.82, 2.24) is 5.32 Å². The number of hydrogen-bond acceptors (Lipinski definition) is 3. The summed E-state index contributed by atoms with van der Waals surface area (Å²) >= 11 is 0. The minimum Gasteiger partial charge on any atom is -0.394 e.